The van der Waals surface area contributed by atoms with E-state index in [1.54, 1.807) is 18.2 Å². The number of benzene rings is 1. The highest BCUT2D eigenvalue weighted by Crippen LogP contribution is 2.43. The summed E-state index contributed by atoms with van der Waals surface area (Å²) in [6, 6.07) is 5.04. The Morgan fingerprint density at radius 3 is 2.79 bits per heavy atom. The SMILES string of the molecule is OC1(C(F)F)CCc2c(Br)cccc21. The second-order valence-corrected chi connectivity index (χ2v) is 4.35. The Morgan fingerprint density at radius 1 is 1.43 bits per heavy atom. The second kappa shape index (κ2) is 3.28. The van der Waals surface area contributed by atoms with Crippen molar-refractivity contribution in [1.82, 2.24) is 0 Å². The molecule has 1 atom stereocenters. The van der Waals surface area contributed by atoms with E-state index in [1.165, 1.54) is 0 Å². The first-order chi connectivity index (χ1) is 6.55. The van der Waals surface area contributed by atoms with E-state index in [-0.39, 0.29) is 6.42 Å². The lowest BCUT2D eigenvalue weighted by Crippen LogP contribution is -2.31. The molecule has 0 saturated carbocycles. The van der Waals surface area contributed by atoms with Gasteiger partial charge in [-0.25, -0.2) is 8.78 Å². The fourth-order valence-corrected chi connectivity index (χ4v) is 2.46. The van der Waals surface area contributed by atoms with E-state index in [9.17, 15) is 13.9 Å². The van der Waals surface area contributed by atoms with Gasteiger partial charge >= 0.3 is 0 Å². The van der Waals surface area contributed by atoms with Gasteiger partial charge in [0.2, 0.25) is 0 Å². The van der Waals surface area contributed by atoms with E-state index in [0.717, 1.165) is 10.0 Å². The zero-order chi connectivity index (χ0) is 10.3. The molecule has 1 aliphatic carbocycles. The van der Waals surface area contributed by atoms with E-state index in [4.69, 9.17) is 0 Å². The van der Waals surface area contributed by atoms with Gasteiger partial charge in [0.05, 0.1) is 0 Å². The maximum atomic E-state index is 12.7. The quantitative estimate of drug-likeness (QED) is 0.826. The van der Waals surface area contributed by atoms with Gasteiger partial charge in [-0.05, 0) is 30.0 Å². The summed E-state index contributed by atoms with van der Waals surface area (Å²) in [5, 5.41) is 9.77. The molecule has 0 bridgehead atoms. The zero-order valence-electron chi connectivity index (χ0n) is 7.30. The van der Waals surface area contributed by atoms with Crippen molar-refractivity contribution >= 4 is 15.9 Å². The first-order valence-electron chi connectivity index (χ1n) is 4.34. The molecule has 0 saturated heterocycles. The average molecular weight is 263 g/mol. The van der Waals surface area contributed by atoms with Crippen LogP contribution in [0.25, 0.3) is 0 Å². The predicted molar refractivity (Wildman–Crippen MR) is 52.4 cm³/mol. The fraction of sp³-hybridized carbons (Fsp3) is 0.400. The maximum Gasteiger partial charge on any atom is 0.270 e. The zero-order valence-corrected chi connectivity index (χ0v) is 8.89. The summed E-state index contributed by atoms with van der Waals surface area (Å²) in [6.07, 6.45) is -2.13. The molecule has 0 aromatic heterocycles. The lowest BCUT2D eigenvalue weighted by molar-refractivity contribution is -0.100. The summed E-state index contributed by atoms with van der Waals surface area (Å²) in [5.74, 6) is 0. The Labute approximate surface area is 88.9 Å². The third-order valence-corrected chi connectivity index (χ3v) is 3.45. The van der Waals surface area contributed by atoms with Crippen LogP contribution in [0.2, 0.25) is 0 Å². The van der Waals surface area contributed by atoms with Gasteiger partial charge in [0.15, 0.2) is 5.60 Å². The highest BCUT2D eigenvalue weighted by Gasteiger charge is 2.45. The minimum absolute atomic E-state index is 0.0998. The molecule has 0 radical (unpaired) electrons. The Bertz CT molecular complexity index is 367. The van der Waals surface area contributed by atoms with Gasteiger partial charge < -0.3 is 5.11 Å². The lowest BCUT2D eigenvalue weighted by atomic mass is 9.97. The molecule has 14 heavy (non-hydrogen) atoms. The molecule has 0 heterocycles. The predicted octanol–water partition coefficient (Wildman–Crippen LogP) is 2.85. The molecule has 1 N–H and O–H groups in total. The van der Waals surface area contributed by atoms with Crippen molar-refractivity contribution in [2.75, 3.05) is 0 Å². The van der Waals surface area contributed by atoms with E-state index >= 15 is 0 Å². The van der Waals surface area contributed by atoms with Crippen molar-refractivity contribution in [1.29, 1.82) is 0 Å². The van der Waals surface area contributed by atoms with Crippen molar-refractivity contribution in [3.05, 3.63) is 33.8 Å². The molecule has 1 aromatic carbocycles. The summed E-state index contributed by atoms with van der Waals surface area (Å²) in [5.41, 5.74) is -0.781. The number of alkyl halides is 2. The van der Waals surface area contributed by atoms with Crippen LogP contribution in [0.3, 0.4) is 0 Å². The minimum Gasteiger partial charge on any atom is -0.379 e. The topological polar surface area (TPSA) is 20.2 Å². The third-order valence-electron chi connectivity index (χ3n) is 2.70. The van der Waals surface area contributed by atoms with Crippen molar-refractivity contribution in [2.45, 2.75) is 24.9 Å². The molecule has 1 nitrogen and oxygen atoms in total. The van der Waals surface area contributed by atoms with E-state index in [2.05, 4.69) is 15.9 Å². The van der Waals surface area contributed by atoms with Gasteiger partial charge in [-0.3, -0.25) is 0 Å². The smallest absolute Gasteiger partial charge is 0.270 e. The van der Waals surface area contributed by atoms with Gasteiger partial charge in [0.1, 0.15) is 0 Å². The third kappa shape index (κ3) is 1.28. The number of fused-ring (bicyclic) bond motifs is 1. The second-order valence-electron chi connectivity index (χ2n) is 3.49. The standard InChI is InChI=1S/C10H9BrF2O/c11-8-3-1-2-7-6(8)4-5-10(7,14)9(12)13/h1-3,9,14H,4-5H2. The van der Waals surface area contributed by atoms with Crippen molar-refractivity contribution in [3.8, 4) is 0 Å². The van der Waals surface area contributed by atoms with Crippen molar-refractivity contribution in [2.24, 2.45) is 0 Å². The molecule has 4 heteroatoms. The Morgan fingerprint density at radius 2 is 2.14 bits per heavy atom. The number of rotatable bonds is 1. The number of aliphatic hydroxyl groups is 1. The normalized spacial score (nSPS) is 25.5. The van der Waals surface area contributed by atoms with Gasteiger partial charge in [-0.2, -0.15) is 0 Å². The molecule has 1 aliphatic rings. The van der Waals surface area contributed by atoms with Gasteiger partial charge in [-0.15, -0.1) is 0 Å². The van der Waals surface area contributed by atoms with E-state index in [1.807, 2.05) is 0 Å². The van der Waals surface area contributed by atoms with Gasteiger partial charge in [0.25, 0.3) is 6.43 Å². The van der Waals surface area contributed by atoms with Crippen LogP contribution in [-0.4, -0.2) is 11.5 Å². The molecule has 0 amide bonds. The van der Waals surface area contributed by atoms with Crippen molar-refractivity contribution < 1.29 is 13.9 Å². The van der Waals surface area contributed by atoms with Crippen LogP contribution in [0.15, 0.2) is 22.7 Å². The van der Waals surface area contributed by atoms with Crippen LogP contribution in [0.4, 0.5) is 8.78 Å². The van der Waals surface area contributed by atoms with Gasteiger partial charge in [-0.1, -0.05) is 28.1 Å². The highest BCUT2D eigenvalue weighted by molar-refractivity contribution is 9.10. The number of hydrogen-bond donors (Lipinski definition) is 1. The highest BCUT2D eigenvalue weighted by atomic mass is 79.9. The fourth-order valence-electron chi connectivity index (χ4n) is 1.90. The minimum atomic E-state index is -2.72. The number of hydrogen-bond acceptors (Lipinski definition) is 1. The average Bonchev–Trinajstić information content (AvgIpc) is 2.47. The summed E-state index contributed by atoms with van der Waals surface area (Å²) >= 11 is 3.29. The molecular weight excluding hydrogens is 254 g/mol. The van der Waals surface area contributed by atoms with Crippen LogP contribution < -0.4 is 0 Å². The Kier molecular flexibility index (Phi) is 2.35. The van der Waals surface area contributed by atoms with Crippen molar-refractivity contribution in [3.63, 3.8) is 0 Å². The molecule has 1 unspecified atom stereocenters. The molecule has 2 rings (SSSR count). The summed E-state index contributed by atoms with van der Waals surface area (Å²) in [4.78, 5) is 0. The molecule has 0 spiro atoms. The van der Waals surface area contributed by atoms with Crippen LogP contribution in [-0.2, 0) is 12.0 Å². The monoisotopic (exact) mass is 262 g/mol. The molecule has 76 valence electrons. The number of halogens is 3. The Hall–Kier alpha value is -0.480. The van der Waals surface area contributed by atoms with E-state index in [0.29, 0.717) is 12.0 Å². The first-order valence-corrected chi connectivity index (χ1v) is 5.13. The van der Waals surface area contributed by atoms with Crippen LogP contribution in [0.5, 0.6) is 0 Å². The van der Waals surface area contributed by atoms with Crippen LogP contribution in [0, 0.1) is 0 Å². The summed E-state index contributed by atoms with van der Waals surface area (Å²) < 4.78 is 26.1. The van der Waals surface area contributed by atoms with Crippen LogP contribution >= 0.6 is 15.9 Å². The largest absolute Gasteiger partial charge is 0.379 e. The summed E-state index contributed by atoms with van der Waals surface area (Å²) in [7, 11) is 0. The first kappa shape index (κ1) is 10.1. The summed E-state index contributed by atoms with van der Waals surface area (Å²) in [6.45, 7) is 0. The van der Waals surface area contributed by atoms with Gasteiger partial charge in [0, 0.05) is 4.47 Å². The molecule has 1 aromatic rings. The molecular formula is C10H9BrF2O. The molecule has 0 fully saturated rings. The van der Waals surface area contributed by atoms with Crippen LogP contribution in [0.1, 0.15) is 17.5 Å². The lowest BCUT2D eigenvalue weighted by Gasteiger charge is -2.22. The Balaban J connectivity index is 2.55. The molecule has 0 aliphatic heterocycles. The maximum absolute atomic E-state index is 12.7. The van der Waals surface area contributed by atoms with E-state index < -0.39 is 12.0 Å².